The van der Waals surface area contributed by atoms with Crippen molar-refractivity contribution in [1.82, 2.24) is 5.32 Å². The van der Waals surface area contributed by atoms with Gasteiger partial charge < -0.3 is 10.1 Å². The molecule has 0 saturated heterocycles. The van der Waals surface area contributed by atoms with Crippen LogP contribution in [-0.4, -0.2) is 24.8 Å². The van der Waals surface area contributed by atoms with Gasteiger partial charge in [-0.3, -0.25) is 9.59 Å². The summed E-state index contributed by atoms with van der Waals surface area (Å²) < 4.78 is 43.5. The van der Waals surface area contributed by atoms with E-state index in [0.29, 0.717) is 18.8 Å². The van der Waals surface area contributed by atoms with Crippen LogP contribution in [0.1, 0.15) is 36.2 Å². The number of rotatable bonds is 6. The molecule has 0 aliphatic heterocycles. The number of alkyl halides is 3. The third-order valence-corrected chi connectivity index (χ3v) is 2.82. The van der Waals surface area contributed by atoms with Crippen molar-refractivity contribution in [3.05, 3.63) is 29.3 Å². The summed E-state index contributed by atoms with van der Waals surface area (Å²) in [4.78, 5) is 22.0. The molecule has 1 unspecified atom stereocenters. The van der Waals surface area contributed by atoms with Crippen LogP contribution in [-0.2, 0) is 11.0 Å². The number of amides is 1. The lowest BCUT2D eigenvalue weighted by molar-refractivity contribution is -0.139. The SMILES string of the molecule is CCC(C)NC(=O)COc1ccc(C=O)cc1C(F)(F)F. The van der Waals surface area contributed by atoms with E-state index in [1.807, 2.05) is 6.92 Å². The summed E-state index contributed by atoms with van der Waals surface area (Å²) in [5.74, 6) is -0.982. The second kappa shape index (κ2) is 7.10. The third-order valence-electron chi connectivity index (χ3n) is 2.82. The lowest BCUT2D eigenvalue weighted by Gasteiger charge is -2.15. The predicted octanol–water partition coefficient (Wildman–Crippen LogP) is 2.81. The molecule has 0 saturated carbocycles. The molecular weight excluding hydrogens is 287 g/mol. The molecule has 1 rings (SSSR count). The van der Waals surface area contributed by atoms with E-state index < -0.39 is 30.0 Å². The van der Waals surface area contributed by atoms with Crippen LogP contribution in [0.25, 0.3) is 0 Å². The van der Waals surface area contributed by atoms with Gasteiger partial charge in [0.15, 0.2) is 6.61 Å². The minimum Gasteiger partial charge on any atom is -0.483 e. The first-order valence-corrected chi connectivity index (χ1v) is 6.36. The molecule has 0 radical (unpaired) electrons. The monoisotopic (exact) mass is 303 g/mol. The van der Waals surface area contributed by atoms with Gasteiger partial charge in [0.05, 0.1) is 5.56 Å². The summed E-state index contributed by atoms with van der Waals surface area (Å²) in [6, 6.07) is 2.84. The quantitative estimate of drug-likeness (QED) is 0.822. The van der Waals surface area contributed by atoms with Gasteiger partial charge in [-0.25, -0.2) is 0 Å². The molecule has 1 aromatic carbocycles. The van der Waals surface area contributed by atoms with Gasteiger partial charge in [0.1, 0.15) is 12.0 Å². The van der Waals surface area contributed by atoms with E-state index in [4.69, 9.17) is 4.74 Å². The molecular formula is C14H16F3NO3. The van der Waals surface area contributed by atoms with E-state index in [2.05, 4.69) is 5.32 Å². The van der Waals surface area contributed by atoms with Crippen molar-refractivity contribution in [2.45, 2.75) is 32.5 Å². The first-order valence-electron chi connectivity index (χ1n) is 6.36. The average molecular weight is 303 g/mol. The lowest BCUT2D eigenvalue weighted by Crippen LogP contribution is -2.35. The minimum atomic E-state index is -4.67. The summed E-state index contributed by atoms with van der Waals surface area (Å²) >= 11 is 0. The molecule has 0 fully saturated rings. The minimum absolute atomic E-state index is 0.0828. The Morgan fingerprint density at radius 2 is 2.10 bits per heavy atom. The Hall–Kier alpha value is -2.05. The molecule has 1 amide bonds. The molecule has 4 nitrogen and oxygen atoms in total. The Labute approximate surface area is 120 Å². The zero-order chi connectivity index (χ0) is 16.0. The van der Waals surface area contributed by atoms with Crippen molar-refractivity contribution >= 4 is 12.2 Å². The third kappa shape index (κ3) is 5.09. The van der Waals surface area contributed by atoms with Gasteiger partial charge in [0.2, 0.25) is 0 Å². The molecule has 0 aliphatic carbocycles. The molecule has 1 N–H and O–H groups in total. The van der Waals surface area contributed by atoms with Gasteiger partial charge in [-0.1, -0.05) is 6.92 Å². The van der Waals surface area contributed by atoms with Crippen molar-refractivity contribution in [1.29, 1.82) is 0 Å². The highest BCUT2D eigenvalue weighted by atomic mass is 19.4. The Morgan fingerprint density at radius 1 is 1.43 bits per heavy atom. The van der Waals surface area contributed by atoms with Crippen molar-refractivity contribution in [2.24, 2.45) is 0 Å². The van der Waals surface area contributed by atoms with Gasteiger partial charge in [0.25, 0.3) is 5.91 Å². The highest BCUT2D eigenvalue weighted by molar-refractivity contribution is 5.78. The fraction of sp³-hybridized carbons (Fsp3) is 0.429. The number of nitrogens with one attached hydrogen (secondary N) is 1. The van der Waals surface area contributed by atoms with E-state index in [-0.39, 0.29) is 11.6 Å². The highest BCUT2D eigenvalue weighted by Crippen LogP contribution is 2.36. The maximum atomic E-state index is 12.9. The van der Waals surface area contributed by atoms with Crippen molar-refractivity contribution in [3.63, 3.8) is 0 Å². The van der Waals surface area contributed by atoms with Gasteiger partial charge in [0, 0.05) is 11.6 Å². The zero-order valence-corrected chi connectivity index (χ0v) is 11.7. The topological polar surface area (TPSA) is 55.4 Å². The van der Waals surface area contributed by atoms with Gasteiger partial charge >= 0.3 is 6.18 Å². The summed E-state index contributed by atoms with van der Waals surface area (Å²) in [6.45, 7) is 3.12. The first kappa shape index (κ1) is 17.0. The summed E-state index contributed by atoms with van der Waals surface area (Å²) in [5.41, 5.74) is -1.19. The Balaban J connectivity index is 2.83. The summed E-state index contributed by atoms with van der Waals surface area (Å²) in [5, 5.41) is 2.58. The number of ether oxygens (including phenoxy) is 1. The number of aldehydes is 1. The number of hydrogen-bond acceptors (Lipinski definition) is 3. The van der Waals surface area contributed by atoms with Crippen LogP contribution in [0.5, 0.6) is 5.75 Å². The average Bonchev–Trinajstić information content (AvgIpc) is 2.43. The molecule has 0 aromatic heterocycles. The van der Waals surface area contributed by atoms with Crippen LogP contribution >= 0.6 is 0 Å². The number of hydrogen-bond donors (Lipinski definition) is 1. The molecule has 7 heteroatoms. The maximum Gasteiger partial charge on any atom is 0.419 e. The fourth-order valence-electron chi connectivity index (χ4n) is 1.53. The van der Waals surface area contributed by atoms with Crippen LogP contribution in [0.4, 0.5) is 13.2 Å². The number of carbonyl (C=O) groups is 2. The van der Waals surface area contributed by atoms with Gasteiger partial charge in [-0.05, 0) is 31.5 Å². The van der Waals surface area contributed by atoms with Crippen LogP contribution in [0, 0.1) is 0 Å². The van der Waals surface area contributed by atoms with Gasteiger partial charge in [-0.2, -0.15) is 13.2 Å². The molecule has 0 bridgehead atoms. The molecule has 0 heterocycles. The lowest BCUT2D eigenvalue weighted by atomic mass is 10.1. The van der Waals surface area contributed by atoms with Crippen LogP contribution in [0.3, 0.4) is 0 Å². The Kier molecular flexibility index (Phi) is 5.75. The smallest absolute Gasteiger partial charge is 0.419 e. The largest absolute Gasteiger partial charge is 0.483 e. The second-order valence-corrected chi connectivity index (χ2v) is 4.54. The standard InChI is InChI=1S/C14H16F3NO3/c1-3-9(2)18-13(20)8-21-12-5-4-10(7-19)6-11(12)14(15,16)17/h4-7,9H,3,8H2,1-2H3,(H,18,20). The number of carbonyl (C=O) groups excluding carboxylic acids is 2. The maximum absolute atomic E-state index is 12.9. The zero-order valence-electron chi connectivity index (χ0n) is 11.7. The highest BCUT2D eigenvalue weighted by Gasteiger charge is 2.34. The molecule has 21 heavy (non-hydrogen) atoms. The molecule has 116 valence electrons. The van der Waals surface area contributed by atoms with E-state index in [0.717, 1.165) is 6.07 Å². The van der Waals surface area contributed by atoms with Crippen molar-refractivity contribution < 1.29 is 27.5 Å². The fourth-order valence-corrected chi connectivity index (χ4v) is 1.53. The number of benzene rings is 1. The van der Waals surface area contributed by atoms with Crippen molar-refractivity contribution in [2.75, 3.05) is 6.61 Å². The van der Waals surface area contributed by atoms with Crippen LogP contribution < -0.4 is 10.1 Å². The van der Waals surface area contributed by atoms with Gasteiger partial charge in [-0.15, -0.1) is 0 Å². The molecule has 0 aliphatic rings. The molecule has 1 atom stereocenters. The second-order valence-electron chi connectivity index (χ2n) is 4.54. The van der Waals surface area contributed by atoms with E-state index in [9.17, 15) is 22.8 Å². The Morgan fingerprint density at radius 3 is 2.62 bits per heavy atom. The van der Waals surface area contributed by atoms with Crippen LogP contribution in [0.15, 0.2) is 18.2 Å². The van der Waals surface area contributed by atoms with E-state index >= 15 is 0 Å². The number of halogens is 3. The van der Waals surface area contributed by atoms with Crippen molar-refractivity contribution in [3.8, 4) is 5.75 Å². The van der Waals surface area contributed by atoms with E-state index in [1.54, 1.807) is 6.92 Å². The Bertz CT molecular complexity index is 515. The summed E-state index contributed by atoms with van der Waals surface area (Å²) in [7, 11) is 0. The van der Waals surface area contributed by atoms with E-state index in [1.165, 1.54) is 6.07 Å². The molecule has 0 spiro atoms. The predicted molar refractivity (Wildman–Crippen MR) is 70.2 cm³/mol. The first-order chi connectivity index (χ1) is 9.77. The molecule has 1 aromatic rings. The van der Waals surface area contributed by atoms with Crippen LogP contribution in [0.2, 0.25) is 0 Å². The summed E-state index contributed by atoms with van der Waals surface area (Å²) in [6.07, 6.45) is -3.65. The normalized spacial score (nSPS) is 12.6.